The Balaban J connectivity index is 1.52. The molecule has 0 aliphatic heterocycles. The third-order valence-corrected chi connectivity index (χ3v) is 10.5. The molecule has 1 heteroatoms. The van der Waals surface area contributed by atoms with Crippen LogP contribution in [0.15, 0.2) is 23.3 Å². The number of aliphatic hydroxyl groups excluding tert-OH is 1. The van der Waals surface area contributed by atoms with Crippen LogP contribution in [0.5, 0.6) is 0 Å². The van der Waals surface area contributed by atoms with Crippen molar-refractivity contribution in [1.82, 2.24) is 0 Å². The molecule has 3 saturated carbocycles. The van der Waals surface area contributed by atoms with Gasteiger partial charge in [-0.05, 0) is 91.3 Å². The second-order valence-corrected chi connectivity index (χ2v) is 12.3. The SMILES string of the molecule is CC(CC[C@H](C)C(C)C)C1CCC2C3=CC=C4C[C@@H](O)CC[C@]4(C)C3CC[C@@]21C. The van der Waals surface area contributed by atoms with Crippen molar-refractivity contribution in [2.24, 2.45) is 46.3 Å². The highest BCUT2D eigenvalue weighted by Crippen LogP contribution is 2.66. The van der Waals surface area contributed by atoms with E-state index in [9.17, 15) is 5.11 Å². The average molecular weight is 399 g/mol. The molecule has 0 radical (unpaired) electrons. The largest absolute Gasteiger partial charge is 0.393 e. The molecule has 4 aliphatic rings. The molecular formula is C28H46O. The summed E-state index contributed by atoms with van der Waals surface area (Å²) in [6.45, 7) is 14.9. The molecule has 0 spiro atoms. The van der Waals surface area contributed by atoms with E-state index < -0.39 is 0 Å². The van der Waals surface area contributed by atoms with Crippen molar-refractivity contribution in [1.29, 1.82) is 0 Å². The van der Waals surface area contributed by atoms with Crippen molar-refractivity contribution in [3.05, 3.63) is 23.3 Å². The molecule has 1 nitrogen and oxygen atoms in total. The summed E-state index contributed by atoms with van der Waals surface area (Å²) in [6, 6.07) is 0. The van der Waals surface area contributed by atoms with Crippen LogP contribution < -0.4 is 0 Å². The topological polar surface area (TPSA) is 20.2 Å². The molecule has 1 N–H and O–H groups in total. The van der Waals surface area contributed by atoms with E-state index >= 15 is 0 Å². The number of fused-ring (bicyclic) bond motifs is 5. The zero-order valence-corrected chi connectivity index (χ0v) is 20.0. The van der Waals surface area contributed by atoms with Gasteiger partial charge < -0.3 is 5.11 Å². The Labute approximate surface area is 180 Å². The molecular weight excluding hydrogens is 352 g/mol. The molecule has 164 valence electrons. The number of hydrogen-bond donors (Lipinski definition) is 1. The van der Waals surface area contributed by atoms with E-state index in [1.165, 1.54) is 44.9 Å². The molecule has 4 unspecified atom stereocenters. The summed E-state index contributed by atoms with van der Waals surface area (Å²) < 4.78 is 0. The van der Waals surface area contributed by atoms with Crippen LogP contribution in [0, 0.1) is 46.3 Å². The van der Waals surface area contributed by atoms with Crippen molar-refractivity contribution in [2.75, 3.05) is 0 Å². The molecule has 3 fully saturated rings. The van der Waals surface area contributed by atoms with Gasteiger partial charge in [0.1, 0.15) is 0 Å². The van der Waals surface area contributed by atoms with E-state index in [2.05, 4.69) is 53.7 Å². The molecule has 0 bridgehead atoms. The highest BCUT2D eigenvalue weighted by atomic mass is 16.3. The summed E-state index contributed by atoms with van der Waals surface area (Å²) >= 11 is 0. The fraction of sp³-hybridized carbons (Fsp3) is 0.857. The van der Waals surface area contributed by atoms with Crippen LogP contribution in [0.25, 0.3) is 0 Å². The predicted molar refractivity (Wildman–Crippen MR) is 124 cm³/mol. The van der Waals surface area contributed by atoms with Crippen LogP contribution in [-0.2, 0) is 0 Å². The molecule has 0 aromatic heterocycles. The normalized spacial score (nSPS) is 43.7. The first-order valence-electron chi connectivity index (χ1n) is 12.8. The van der Waals surface area contributed by atoms with Crippen LogP contribution in [0.3, 0.4) is 0 Å². The van der Waals surface area contributed by atoms with E-state index in [-0.39, 0.29) is 6.10 Å². The molecule has 0 amide bonds. The standard InChI is InChI=1S/C28H46O/c1-18(2)19(3)7-8-20(4)24-11-12-25-23-10-9-21-17-22(29)13-15-27(21,5)26(23)14-16-28(24,25)6/h9-10,18-20,22,24-26,29H,7-8,11-17H2,1-6H3/t19-,20?,22-,24?,25?,26?,27-,28+/m0/s1. The lowest BCUT2D eigenvalue weighted by atomic mass is 9.50. The molecule has 4 aliphatic carbocycles. The zero-order chi connectivity index (χ0) is 21.0. The van der Waals surface area contributed by atoms with Crippen LogP contribution in [0.1, 0.15) is 99.3 Å². The lowest BCUT2D eigenvalue weighted by molar-refractivity contribution is 0.0317. The number of aliphatic hydroxyl groups is 1. The Morgan fingerprint density at radius 2 is 1.69 bits per heavy atom. The van der Waals surface area contributed by atoms with Crippen molar-refractivity contribution >= 4 is 0 Å². The Morgan fingerprint density at radius 3 is 2.41 bits per heavy atom. The number of allylic oxidation sites excluding steroid dienone is 3. The summed E-state index contributed by atoms with van der Waals surface area (Å²) in [4.78, 5) is 0. The zero-order valence-electron chi connectivity index (χ0n) is 20.0. The molecule has 8 atom stereocenters. The minimum absolute atomic E-state index is 0.108. The fourth-order valence-corrected chi connectivity index (χ4v) is 8.02. The third-order valence-electron chi connectivity index (χ3n) is 10.5. The Kier molecular flexibility index (Phi) is 5.86. The summed E-state index contributed by atoms with van der Waals surface area (Å²) in [5.41, 5.74) is 4.17. The van der Waals surface area contributed by atoms with Gasteiger partial charge in [0.15, 0.2) is 0 Å². The first-order chi connectivity index (χ1) is 13.7. The Morgan fingerprint density at radius 1 is 0.931 bits per heavy atom. The molecule has 0 aromatic rings. The lowest BCUT2D eigenvalue weighted by Gasteiger charge is -2.55. The lowest BCUT2D eigenvalue weighted by Crippen LogP contribution is -2.46. The van der Waals surface area contributed by atoms with Crippen LogP contribution in [-0.4, -0.2) is 11.2 Å². The van der Waals surface area contributed by atoms with Crippen molar-refractivity contribution in [2.45, 2.75) is 105 Å². The van der Waals surface area contributed by atoms with Gasteiger partial charge >= 0.3 is 0 Å². The van der Waals surface area contributed by atoms with E-state index in [0.29, 0.717) is 10.8 Å². The van der Waals surface area contributed by atoms with Gasteiger partial charge in [-0.15, -0.1) is 0 Å². The van der Waals surface area contributed by atoms with E-state index in [1.54, 1.807) is 11.1 Å². The predicted octanol–water partition coefficient (Wildman–Crippen LogP) is 7.55. The minimum atomic E-state index is -0.108. The first kappa shape index (κ1) is 21.7. The molecule has 0 heterocycles. The van der Waals surface area contributed by atoms with Crippen molar-refractivity contribution in [3.63, 3.8) is 0 Å². The second-order valence-electron chi connectivity index (χ2n) is 12.3. The van der Waals surface area contributed by atoms with E-state index in [1.807, 2.05) is 0 Å². The molecule has 0 aromatic carbocycles. The van der Waals surface area contributed by atoms with Gasteiger partial charge in [0.2, 0.25) is 0 Å². The summed E-state index contributed by atoms with van der Waals surface area (Å²) in [6.07, 6.45) is 16.4. The Bertz CT molecular complexity index is 672. The second kappa shape index (κ2) is 7.85. The van der Waals surface area contributed by atoms with Crippen LogP contribution in [0.4, 0.5) is 0 Å². The van der Waals surface area contributed by atoms with Gasteiger partial charge in [-0.25, -0.2) is 0 Å². The quantitative estimate of drug-likeness (QED) is 0.506. The summed E-state index contributed by atoms with van der Waals surface area (Å²) in [5, 5.41) is 10.2. The maximum atomic E-state index is 10.2. The van der Waals surface area contributed by atoms with Gasteiger partial charge in [0.25, 0.3) is 0 Å². The molecule has 29 heavy (non-hydrogen) atoms. The minimum Gasteiger partial charge on any atom is -0.393 e. The first-order valence-corrected chi connectivity index (χ1v) is 12.8. The highest BCUT2D eigenvalue weighted by molar-refractivity contribution is 5.38. The van der Waals surface area contributed by atoms with E-state index in [0.717, 1.165) is 48.3 Å². The van der Waals surface area contributed by atoms with Gasteiger partial charge in [-0.2, -0.15) is 0 Å². The summed E-state index contributed by atoms with van der Waals surface area (Å²) in [7, 11) is 0. The molecule has 4 rings (SSSR count). The molecule has 0 saturated heterocycles. The van der Waals surface area contributed by atoms with Crippen LogP contribution in [0.2, 0.25) is 0 Å². The maximum Gasteiger partial charge on any atom is 0.0578 e. The average Bonchev–Trinajstić information content (AvgIpc) is 3.03. The van der Waals surface area contributed by atoms with Gasteiger partial charge in [-0.3, -0.25) is 0 Å². The summed E-state index contributed by atoms with van der Waals surface area (Å²) in [5.74, 6) is 4.97. The van der Waals surface area contributed by atoms with Crippen molar-refractivity contribution < 1.29 is 5.11 Å². The van der Waals surface area contributed by atoms with E-state index in [4.69, 9.17) is 0 Å². The van der Waals surface area contributed by atoms with Gasteiger partial charge in [0.05, 0.1) is 6.10 Å². The van der Waals surface area contributed by atoms with Gasteiger partial charge in [0, 0.05) is 0 Å². The third kappa shape index (κ3) is 3.58. The maximum absolute atomic E-state index is 10.2. The van der Waals surface area contributed by atoms with Crippen LogP contribution >= 0.6 is 0 Å². The fourth-order valence-electron chi connectivity index (χ4n) is 8.02. The number of hydrogen-bond acceptors (Lipinski definition) is 1. The van der Waals surface area contributed by atoms with Crippen molar-refractivity contribution in [3.8, 4) is 0 Å². The Hall–Kier alpha value is -0.560. The highest BCUT2D eigenvalue weighted by Gasteiger charge is 2.56. The number of rotatable bonds is 5. The van der Waals surface area contributed by atoms with Gasteiger partial charge in [-0.1, -0.05) is 77.7 Å². The smallest absolute Gasteiger partial charge is 0.0578 e. The monoisotopic (exact) mass is 398 g/mol.